The Balaban J connectivity index is 1.49. The van der Waals surface area contributed by atoms with E-state index in [-0.39, 0.29) is 53.7 Å². The van der Waals surface area contributed by atoms with Crippen LogP contribution in [0.3, 0.4) is 0 Å². The highest BCUT2D eigenvalue weighted by atomic mass is 16.7. The summed E-state index contributed by atoms with van der Waals surface area (Å²) in [4.78, 5) is 38.1. The third kappa shape index (κ3) is 3.60. The first-order valence-electron chi connectivity index (χ1n) is 13.7. The molecule has 7 nitrogen and oxygen atoms in total. The molecule has 7 heteroatoms. The number of hydrogen-bond acceptors (Lipinski definition) is 7. The number of esters is 1. The van der Waals surface area contributed by atoms with E-state index < -0.39 is 29.5 Å². The highest BCUT2D eigenvalue weighted by Gasteiger charge is 2.75. The summed E-state index contributed by atoms with van der Waals surface area (Å²) in [7, 11) is 0. The maximum atomic E-state index is 13.9. The lowest BCUT2D eigenvalue weighted by Crippen LogP contribution is -2.63. The Morgan fingerprint density at radius 1 is 1.22 bits per heavy atom. The summed E-state index contributed by atoms with van der Waals surface area (Å²) < 4.78 is 18.3. The van der Waals surface area contributed by atoms with Gasteiger partial charge in [0.15, 0.2) is 24.3 Å². The molecular formula is C29H40O7. The Kier molecular flexibility index (Phi) is 6.58. The lowest BCUT2D eigenvalue weighted by atomic mass is 9.46. The molecule has 0 aromatic rings. The second-order valence-corrected chi connectivity index (χ2v) is 12.0. The molecule has 1 N–H and O–H groups in total. The monoisotopic (exact) mass is 500 g/mol. The van der Waals surface area contributed by atoms with Crippen LogP contribution in [0.4, 0.5) is 0 Å². The number of ketones is 2. The molecule has 0 radical (unpaired) electrons. The maximum absolute atomic E-state index is 13.9. The number of aliphatic hydroxyl groups excluding tert-OH is 1. The van der Waals surface area contributed by atoms with Gasteiger partial charge < -0.3 is 19.3 Å². The van der Waals surface area contributed by atoms with Gasteiger partial charge in [0, 0.05) is 23.2 Å². The molecule has 1 saturated heterocycles. The molecule has 0 spiro atoms. The molecule has 4 fully saturated rings. The van der Waals surface area contributed by atoms with Crippen LogP contribution < -0.4 is 0 Å². The molecule has 198 valence electrons. The first-order valence-corrected chi connectivity index (χ1v) is 13.7. The van der Waals surface area contributed by atoms with Gasteiger partial charge in [-0.05, 0) is 62.5 Å². The highest BCUT2D eigenvalue weighted by molar-refractivity contribution is 6.01. The first kappa shape index (κ1) is 25.8. The zero-order valence-electron chi connectivity index (χ0n) is 22.0. The summed E-state index contributed by atoms with van der Waals surface area (Å²) in [5.41, 5.74) is -1.18. The zero-order valence-corrected chi connectivity index (χ0v) is 22.0. The molecule has 1 aliphatic heterocycles. The summed E-state index contributed by atoms with van der Waals surface area (Å²) in [6, 6.07) is 0. The van der Waals surface area contributed by atoms with E-state index in [9.17, 15) is 19.5 Å². The van der Waals surface area contributed by atoms with Crippen molar-refractivity contribution in [3.63, 3.8) is 0 Å². The van der Waals surface area contributed by atoms with Gasteiger partial charge >= 0.3 is 5.97 Å². The molecule has 0 bridgehead atoms. The molecule has 9 atom stereocenters. The Labute approximate surface area is 213 Å². The quantitative estimate of drug-likeness (QED) is 0.526. The molecule has 0 aromatic carbocycles. The van der Waals surface area contributed by atoms with E-state index in [0.717, 1.165) is 24.8 Å². The number of allylic oxidation sites excluding steroid dienone is 4. The van der Waals surface area contributed by atoms with Crippen LogP contribution in [0.15, 0.2) is 23.8 Å². The third-order valence-corrected chi connectivity index (χ3v) is 10.0. The fraction of sp³-hybridized carbons (Fsp3) is 0.759. The molecule has 0 aromatic heterocycles. The third-order valence-electron chi connectivity index (χ3n) is 10.0. The Morgan fingerprint density at radius 3 is 2.72 bits per heavy atom. The van der Waals surface area contributed by atoms with Crippen molar-refractivity contribution < 1.29 is 33.7 Å². The molecule has 36 heavy (non-hydrogen) atoms. The van der Waals surface area contributed by atoms with Gasteiger partial charge in [0.1, 0.15) is 0 Å². The van der Waals surface area contributed by atoms with Gasteiger partial charge in [-0.25, -0.2) is 0 Å². The van der Waals surface area contributed by atoms with E-state index in [2.05, 4.69) is 20.8 Å². The van der Waals surface area contributed by atoms with Crippen LogP contribution in [-0.2, 0) is 28.6 Å². The van der Waals surface area contributed by atoms with Crippen molar-refractivity contribution in [2.24, 2.45) is 28.6 Å². The van der Waals surface area contributed by atoms with E-state index in [1.807, 2.05) is 13.0 Å². The largest absolute Gasteiger partial charge is 0.458 e. The van der Waals surface area contributed by atoms with E-state index in [4.69, 9.17) is 14.2 Å². The average Bonchev–Trinajstić information content (AvgIpc) is 3.30. The van der Waals surface area contributed by atoms with Crippen molar-refractivity contribution in [2.75, 3.05) is 6.61 Å². The van der Waals surface area contributed by atoms with Crippen LogP contribution in [0.5, 0.6) is 0 Å². The minimum Gasteiger partial charge on any atom is -0.458 e. The van der Waals surface area contributed by atoms with Crippen LogP contribution in [-0.4, -0.2) is 53.3 Å². The summed E-state index contributed by atoms with van der Waals surface area (Å²) in [5.74, 6) is -0.398. The van der Waals surface area contributed by atoms with Gasteiger partial charge in [-0.2, -0.15) is 0 Å². The number of hydrogen-bond donors (Lipinski definition) is 1. The SMILES string of the molecule is CCCC(=O)OCC(=O)[C@@]12OC(CCC)O[C@H]1C[C@H]1[C@@H]3CCC4=CC(=O)C=C[C@@]4(C)[C@H]3[C@H](O)C[C@@]12C. The van der Waals surface area contributed by atoms with Crippen LogP contribution in [0, 0.1) is 28.6 Å². The highest BCUT2D eigenvalue weighted by Crippen LogP contribution is 2.69. The predicted octanol–water partition coefficient (Wildman–Crippen LogP) is 4.07. The van der Waals surface area contributed by atoms with Gasteiger partial charge in [-0.3, -0.25) is 14.4 Å². The molecule has 1 unspecified atom stereocenters. The normalized spacial score (nSPS) is 44.8. The van der Waals surface area contributed by atoms with E-state index in [1.165, 1.54) is 0 Å². The first-order chi connectivity index (χ1) is 17.1. The van der Waals surface area contributed by atoms with Gasteiger partial charge in [0.25, 0.3) is 0 Å². The second-order valence-electron chi connectivity index (χ2n) is 12.0. The standard InChI is InChI=1S/C29H40O7/c1-5-7-24(33)34-16-22(32)29-23(35-25(36-29)8-6-2)14-20-19-10-9-17-13-18(30)11-12-27(17,3)26(19)21(31)15-28(20,29)4/h11-13,19-21,23,25-26,31H,5-10,14-16H2,1-4H3/t19-,20-,21+,23-,25?,26+,27+,28-,29+/m0/s1. The van der Waals surface area contributed by atoms with E-state index >= 15 is 0 Å². The zero-order chi connectivity index (χ0) is 25.9. The molecule has 3 saturated carbocycles. The predicted molar refractivity (Wildman–Crippen MR) is 132 cm³/mol. The molecule has 0 amide bonds. The minimum atomic E-state index is -1.24. The number of Topliss-reactive ketones (excluding diaryl/α,β-unsaturated/α-hetero) is 1. The van der Waals surface area contributed by atoms with Crippen molar-refractivity contribution in [2.45, 2.75) is 103 Å². The second kappa shape index (κ2) is 9.17. The average molecular weight is 501 g/mol. The van der Waals surface area contributed by atoms with E-state index in [1.54, 1.807) is 12.2 Å². The Morgan fingerprint density at radius 2 is 2.00 bits per heavy atom. The van der Waals surface area contributed by atoms with Crippen LogP contribution in [0.2, 0.25) is 0 Å². The smallest absolute Gasteiger partial charge is 0.306 e. The Hall–Kier alpha value is -1.83. The molecular weight excluding hydrogens is 460 g/mol. The number of fused-ring (bicyclic) bond motifs is 7. The number of aliphatic hydroxyl groups is 1. The summed E-state index contributed by atoms with van der Waals surface area (Å²) in [5, 5.41) is 11.7. The van der Waals surface area contributed by atoms with Gasteiger partial charge in [0.05, 0.1) is 12.2 Å². The van der Waals surface area contributed by atoms with Gasteiger partial charge in [0.2, 0.25) is 5.78 Å². The summed E-state index contributed by atoms with van der Waals surface area (Å²) in [6.07, 6.45) is 8.99. The summed E-state index contributed by atoms with van der Waals surface area (Å²) >= 11 is 0. The van der Waals surface area contributed by atoms with Crippen molar-refractivity contribution in [1.29, 1.82) is 0 Å². The maximum Gasteiger partial charge on any atom is 0.306 e. The van der Waals surface area contributed by atoms with Crippen LogP contribution in [0.25, 0.3) is 0 Å². The number of carbonyl (C=O) groups is 3. The number of rotatable bonds is 7. The summed E-state index contributed by atoms with van der Waals surface area (Å²) in [6.45, 7) is 7.83. The van der Waals surface area contributed by atoms with Crippen molar-refractivity contribution in [1.82, 2.24) is 0 Å². The van der Waals surface area contributed by atoms with Crippen molar-refractivity contribution in [3.8, 4) is 0 Å². The lowest BCUT2D eigenvalue weighted by Gasteiger charge is -2.59. The number of carbonyl (C=O) groups excluding carboxylic acids is 3. The fourth-order valence-corrected chi connectivity index (χ4v) is 8.54. The minimum absolute atomic E-state index is 0.0115. The van der Waals surface area contributed by atoms with Gasteiger partial charge in [-0.15, -0.1) is 0 Å². The Bertz CT molecular complexity index is 1000. The van der Waals surface area contributed by atoms with Crippen molar-refractivity contribution >= 4 is 17.5 Å². The van der Waals surface area contributed by atoms with Crippen molar-refractivity contribution in [3.05, 3.63) is 23.8 Å². The van der Waals surface area contributed by atoms with Gasteiger partial charge in [-0.1, -0.05) is 45.8 Å². The van der Waals surface area contributed by atoms with E-state index in [0.29, 0.717) is 25.7 Å². The topological polar surface area (TPSA) is 99.1 Å². The molecule has 5 rings (SSSR count). The number of ether oxygens (including phenoxy) is 3. The molecule has 5 aliphatic rings. The molecule has 4 aliphatic carbocycles. The van der Waals surface area contributed by atoms with Crippen LogP contribution in [0.1, 0.15) is 79.1 Å². The fourth-order valence-electron chi connectivity index (χ4n) is 8.54. The van der Waals surface area contributed by atoms with Crippen LogP contribution >= 0.6 is 0 Å². The molecule has 1 heterocycles. The lowest BCUT2D eigenvalue weighted by molar-refractivity contribution is -0.201.